The maximum atomic E-state index is 10.8. The minimum atomic E-state index is -0.332. The van der Waals surface area contributed by atoms with E-state index in [1.54, 1.807) is 20.1 Å². The molecule has 1 aromatic carbocycles. The molecule has 4 nitrogen and oxygen atoms in total. The van der Waals surface area contributed by atoms with E-state index in [0.717, 1.165) is 11.3 Å². The van der Waals surface area contributed by atoms with E-state index in [4.69, 9.17) is 4.74 Å². The zero-order valence-electron chi connectivity index (χ0n) is 10.7. The summed E-state index contributed by atoms with van der Waals surface area (Å²) < 4.78 is 5.36. The first-order valence-corrected chi connectivity index (χ1v) is 6.18. The van der Waals surface area contributed by atoms with Crippen molar-refractivity contribution >= 4 is 6.08 Å². The Labute approximate surface area is 106 Å². The average Bonchev–Trinajstić information content (AvgIpc) is 3.19. The van der Waals surface area contributed by atoms with Crippen LogP contribution in [0.5, 0.6) is 5.75 Å². The van der Waals surface area contributed by atoms with Gasteiger partial charge in [-0.25, -0.2) is 0 Å². The number of hydrogen-bond acceptors (Lipinski definition) is 3. The van der Waals surface area contributed by atoms with Crippen LogP contribution in [0.25, 0.3) is 6.08 Å². The van der Waals surface area contributed by atoms with E-state index in [-0.39, 0.29) is 10.6 Å². The number of rotatable bonds is 5. The second-order valence-corrected chi connectivity index (χ2v) is 4.52. The van der Waals surface area contributed by atoms with Crippen LogP contribution in [0, 0.1) is 10.1 Å². The van der Waals surface area contributed by atoms with Crippen molar-refractivity contribution in [3.63, 3.8) is 0 Å². The average molecular weight is 247 g/mol. The Hall–Kier alpha value is -1.84. The minimum absolute atomic E-state index is 0.219. The van der Waals surface area contributed by atoms with Crippen molar-refractivity contribution < 1.29 is 9.66 Å². The van der Waals surface area contributed by atoms with Crippen molar-refractivity contribution in [3.05, 3.63) is 45.1 Å². The van der Waals surface area contributed by atoms with Crippen molar-refractivity contribution in [1.82, 2.24) is 0 Å². The van der Waals surface area contributed by atoms with Gasteiger partial charge >= 0.3 is 0 Å². The molecule has 0 atom stereocenters. The van der Waals surface area contributed by atoms with Gasteiger partial charge in [0, 0.05) is 12.5 Å². The molecule has 1 fully saturated rings. The molecule has 4 heteroatoms. The number of ether oxygens (including phenoxy) is 1. The number of allylic oxidation sites excluding steroid dienone is 1. The third kappa shape index (κ3) is 2.70. The molecule has 1 aliphatic carbocycles. The molecule has 0 aromatic heterocycles. The molecule has 0 radical (unpaired) electrons. The zero-order chi connectivity index (χ0) is 13.1. The Morgan fingerprint density at radius 3 is 2.78 bits per heavy atom. The van der Waals surface area contributed by atoms with E-state index in [1.807, 2.05) is 18.2 Å². The van der Waals surface area contributed by atoms with E-state index in [2.05, 4.69) is 0 Å². The number of nitro groups is 1. The predicted molar refractivity (Wildman–Crippen MR) is 70.2 cm³/mol. The molecule has 2 rings (SSSR count). The second-order valence-electron chi connectivity index (χ2n) is 4.52. The Balaban J connectivity index is 2.32. The highest BCUT2D eigenvalue weighted by molar-refractivity contribution is 5.56. The van der Waals surface area contributed by atoms with Gasteiger partial charge in [0.25, 0.3) is 0 Å². The summed E-state index contributed by atoms with van der Waals surface area (Å²) in [5.74, 6) is 1.45. The molecule has 0 bridgehead atoms. The van der Waals surface area contributed by atoms with E-state index in [0.29, 0.717) is 12.3 Å². The minimum Gasteiger partial charge on any atom is -0.496 e. The summed E-state index contributed by atoms with van der Waals surface area (Å²) >= 11 is 0. The molecule has 96 valence electrons. The molecule has 0 N–H and O–H groups in total. The SMILES string of the molecule is CC/C(=C\c1ccc(C2CC2)c(OC)c1)[N+](=O)[O-]. The number of methoxy groups -OCH3 is 1. The first-order valence-electron chi connectivity index (χ1n) is 6.18. The highest BCUT2D eigenvalue weighted by atomic mass is 16.6. The molecular weight excluding hydrogens is 230 g/mol. The molecule has 0 saturated heterocycles. The molecule has 1 saturated carbocycles. The summed E-state index contributed by atoms with van der Waals surface area (Å²) in [7, 11) is 1.64. The highest BCUT2D eigenvalue weighted by Crippen LogP contribution is 2.44. The third-order valence-electron chi connectivity index (χ3n) is 3.20. The van der Waals surface area contributed by atoms with Crippen LogP contribution in [0.1, 0.15) is 43.2 Å². The van der Waals surface area contributed by atoms with Gasteiger partial charge in [-0.2, -0.15) is 0 Å². The quantitative estimate of drug-likeness (QED) is 0.590. The second kappa shape index (κ2) is 5.21. The van der Waals surface area contributed by atoms with Crippen LogP contribution in [0.2, 0.25) is 0 Å². The normalized spacial score (nSPS) is 15.6. The lowest BCUT2D eigenvalue weighted by Crippen LogP contribution is -1.97. The fourth-order valence-electron chi connectivity index (χ4n) is 2.03. The van der Waals surface area contributed by atoms with Crippen LogP contribution in [-0.2, 0) is 0 Å². The summed E-state index contributed by atoms with van der Waals surface area (Å²) in [6.07, 6.45) is 4.44. The van der Waals surface area contributed by atoms with Crippen molar-refractivity contribution in [2.24, 2.45) is 0 Å². The maximum absolute atomic E-state index is 10.8. The van der Waals surface area contributed by atoms with Gasteiger partial charge in [-0.05, 0) is 36.0 Å². The first-order chi connectivity index (χ1) is 8.65. The summed E-state index contributed by atoms with van der Waals surface area (Å²) in [5, 5.41) is 10.8. The van der Waals surface area contributed by atoms with Crippen LogP contribution in [0.3, 0.4) is 0 Å². The number of benzene rings is 1. The molecule has 0 heterocycles. The van der Waals surface area contributed by atoms with Crippen molar-refractivity contribution in [2.75, 3.05) is 7.11 Å². The lowest BCUT2D eigenvalue weighted by molar-refractivity contribution is -0.425. The van der Waals surface area contributed by atoms with Gasteiger partial charge < -0.3 is 4.74 Å². The monoisotopic (exact) mass is 247 g/mol. The smallest absolute Gasteiger partial charge is 0.246 e. The maximum Gasteiger partial charge on any atom is 0.246 e. The molecular formula is C14H17NO3. The third-order valence-corrected chi connectivity index (χ3v) is 3.20. The molecule has 1 aromatic rings. The standard InChI is InChI=1S/C14H17NO3/c1-3-12(15(16)17)8-10-4-7-13(11-5-6-11)14(9-10)18-2/h4,7-9,11H,3,5-6H2,1-2H3/b12-8+. The fraction of sp³-hybridized carbons (Fsp3) is 0.429. The van der Waals surface area contributed by atoms with E-state index in [9.17, 15) is 10.1 Å². The van der Waals surface area contributed by atoms with Crippen LogP contribution in [0.15, 0.2) is 23.9 Å². The first kappa shape index (κ1) is 12.6. The van der Waals surface area contributed by atoms with Gasteiger partial charge in [0.1, 0.15) is 5.75 Å². The Morgan fingerprint density at radius 2 is 2.28 bits per heavy atom. The summed E-state index contributed by atoms with van der Waals surface area (Å²) in [5.41, 5.74) is 2.26. The van der Waals surface area contributed by atoms with Crippen LogP contribution >= 0.6 is 0 Å². The summed E-state index contributed by atoms with van der Waals surface area (Å²) in [4.78, 5) is 10.4. The lowest BCUT2D eigenvalue weighted by Gasteiger charge is -2.08. The summed E-state index contributed by atoms with van der Waals surface area (Å²) in [6, 6.07) is 5.83. The molecule has 1 aliphatic rings. The van der Waals surface area contributed by atoms with Gasteiger partial charge in [0.15, 0.2) is 0 Å². The van der Waals surface area contributed by atoms with Gasteiger partial charge in [0.2, 0.25) is 5.70 Å². The molecule has 0 aliphatic heterocycles. The van der Waals surface area contributed by atoms with Crippen LogP contribution in [-0.4, -0.2) is 12.0 Å². The number of nitrogens with zero attached hydrogens (tertiary/aromatic N) is 1. The van der Waals surface area contributed by atoms with E-state index >= 15 is 0 Å². The largest absolute Gasteiger partial charge is 0.496 e. The van der Waals surface area contributed by atoms with Crippen molar-refractivity contribution in [2.45, 2.75) is 32.1 Å². The Kier molecular flexibility index (Phi) is 3.65. The van der Waals surface area contributed by atoms with E-state index in [1.165, 1.54) is 18.4 Å². The fourth-order valence-corrected chi connectivity index (χ4v) is 2.03. The number of hydrogen-bond donors (Lipinski definition) is 0. The molecule has 0 unspecified atom stereocenters. The Bertz CT molecular complexity index is 490. The van der Waals surface area contributed by atoms with Crippen LogP contribution in [0.4, 0.5) is 0 Å². The van der Waals surface area contributed by atoms with Crippen LogP contribution < -0.4 is 4.74 Å². The van der Waals surface area contributed by atoms with Crippen molar-refractivity contribution in [3.8, 4) is 5.75 Å². The topological polar surface area (TPSA) is 52.4 Å². The summed E-state index contributed by atoms with van der Waals surface area (Å²) in [6.45, 7) is 1.78. The van der Waals surface area contributed by atoms with Gasteiger partial charge in [-0.3, -0.25) is 10.1 Å². The van der Waals surface area contributed by atoms with Gasteiger partial charge in [-0.15, -0.1) is 0 Å². The van der Waals surface area contributed by atoms with Crippen molar-refractivity contribution in [1.29, 1.82) is 0 Å². The zero-order valence-corrected chi connectivity index (χ0v) is 10.7. The van der Waals surface area contributed by atoms with Gasteiger partial charge in [0.05, 0.1) is 12.0 Å². The molecule has 18 heavy (non-hydrogen) atoms. The molecule has 0 spiro atoms. The molecule has 0 amide bonds. The lowest BCUT2D eigenvalue weighted by atomic mass is 10.1. The van der Waals surface area contributed by atoms with Gasteiger partial charge in [-0.1, -0.05) is 19.1 Å². The Morgan fingerprint density at radius 1 is 1.56 bits per heavy atom. The predicted octanol–water partition coefficient (Wildman–Crippen LogP) is 3.60. The van der Waals surface area contributed by atoms with E-state index < -0.39 is 0 Å². The highest BCUT2D eigenvalue weighted by Gasteiger charge is 2.26.